The fraction of sp³-hybridized carbons (Fsp3) is 0.130. The lowest BCUT2D eigenvalue weighted by atomic mass is 9.88. The van der Waals surface area contributed by atoms with Crippen molar-refractivity contribution in [3.05, 3.63) is 71.0 Å². The van der Waals surface area contributed by atoms with E-state index in [-0.39, 0.29) is 0 Å². The van der Waals surface area contributed by atoms with Gasteiger partial charge in [-0.1, -0.05) is 61.2 Å². The lowest BCUT2D eigenvalue weighted by molar-refractivity contribution is 1.48. The molecule has 0 fully saturated rings. The van der Waals surface area contributed by atoms with Crippen LogP contribution in [-0.2, 0) is 0 Å². The Hall–Kier alpha value is -2.60. The Morgan fingerprint density at radius 3 is 2.13 bits per heavy atom. The van der Waals surface area contributed by atoms with Crippen molar-refractivity contribution in [3.63, 3.8) is 0 Å². The van der Waals surface area contributed by atoms with Crippen LogP contribution in [0.1, 0.15) is 23.6 Å². The number of benzene rings is 4. The summed E-state index contributed by atoms with van der Waals surface area (Å²) < 4.78 is 0. The van der Waals surface area contributed by atoms with Gasteiger partial charge < -0.3 is 0 Å². The molecule has 0 heterocycles. The Morgan fingerprint density at radius 1 is 0.739 bits per heavy atom. The first-order valence-corrected chi connectivity index (χ1v) is 8.13. The van der Waals surface area contributed by atoms with Crippen LogP contribution >= 0.6 is 0 Å². The molecule has 4 rings (SSSR count). The molecule has 0 atom stereocenters. The van der Waals surface area contributed by atoms with E-state index in [0.717, 1.165) is 0 Å². The Morgan fingerprint density at radius 2 is 1.39 bits per heavy atom. The summed E-state index contributed by atoms with van der Waals surface area (Å²) in [6.07, 6.45) is 4.24. The summed E-state index contributed by atoms with van der Waals surface area (Å²) in [5.74, 6) is 0. The molecule has 0 heteroatoms. The molecule has 0 aliphatic rings. The van der Waals surface area contributed by atoms with Crippen LogP contribution in [0.15, 0.2) is 49.0 Å². The zero-order valence-corrected chi connectivity index (χ0v) is 13.9. The molecule has 4 aromatic rings. The van der Waals surface area contributed by atoms with Gasteiger partial charge >= 0.3 is 0 Å². The molecular weight excluding hydrogens is 276 g/mol. The van der Waals surface area contributed by atoms with Gasteiger partial charge in [-0.2, -0.15) is 0 Å². The lowest BCUT2D eigenvalue weighted by Crippen LogP contribution is -2.07. The van der Waals surface area contributed by atoms with Gasteiger partial charge in [0, 0.05) is 0 Å². The van der Waals surface area contributed by atoms with Crippen molar-refractivity contribution in [1.82, 2.24) is 0 Å². The zero-order valence-electron chi connectivity index (χ0n) is 13.9. The average molecular weight is 296 g/mol. The summed E-state index contributed by atoms with van der Waals surface area (Å²) in [6.45, 7) is 10.5. The maximum Gasteiger partial charge on any atom is -0.00238 e. The second-order valence-electron chi connectivity index (χ2n) is 6.28. The van der Waals surface area contributed by atoms with Gasteiger partial charge in [-0.15, -0.1) is 0 Å². The highest BCUT2D eigenvalue weighted by molar-refractivity contribution is 6.23. The van der Waals surface area contributed by atoms with Crippen molar-refractivity contribution in [2.75, 3.05) is 0 Å². The summed E-state index contributed by atoms with van der Waals surface area (Å²) in [5, 5.41) is 9.38. The van der Waals surface area contributed by atoms with Gasteiger partial charge in [0.2, 0.25) is 0 Å². The minimum Gasteiger partial charge on any atom is -0.0984 e. The second kappa shape index (κ2) is 4.96. The first-order chi connectivity index (χ1) is 11.2. The van der Waals surface area contributed by atoms with Crippen molar-refractivity contribution >= 4 is 44.5 Å². The van der Waals surface area contributed by atoms with E-state index in [1.54, 1.807) is 0 Å². The van der Waals surface area contributed by atoms with Gasteiger partial charge in [0.25, 0.3) is 0 Å². The quantitative estimate of drug-likeness (QED) is 0.302. The number of fused-ring (bicyclic) bond motifs is 2. The number of hydrogen-bond acceptors (Lipinski definition) is 0. The molecule has 0 radical (unpaired) electrons. The van der Waals surface area contributed by atoms with Crippen LogP contribution in [0, 0.1) is 13.8 Å². The number of rotatable bonds is 1. The minimum atomic E-state index is 1.25. The molecule has 0 aliphatic carbocycles. The van der Waals surface area contributed by atoms with Gasteiger partial charge in [0.05, 0.1) is 0 Å². The van der Waals surface area contributed by atoms with Crippen LogP contribution in [0.25, 0.3) is 44.5 Å². The Labute approximate surface area is 136 Å². The number of aryl methyl sites for hydroxylation is 2. The van der Waals surface area contributed by atoms with Crippen LogP contribution in [0.5, 0.6) is 0 Å². The molecule has 0 aromatic heterocycles. The monoisotopic (exact) mass is 296 g/mol. The van der Waals surface area contributed by atoms with Gasteiger partial charge in [0.15, 0.2) is 0 Å². The van der Waals surface area contributed by atoms with Crippen LogP contribution in [0.2, 0.25) is 0 Å². The maximum atomic E-state index is 4.06. The van der Waals surface area contributed by atoms with Gasteiger partial charge in [-0.3, -0.25) is 0 Å². The molecule has 0 spiro atoms. The summed E-state index contributed by atoms with van der Waals surface area (Å²) in [5.41, 5.74) is 3.86. The first-order valence-electron chi connectivity index (χ1n) is 8.13. The third-order valence-electron chi connectivity index (χ3n) is 5.06. The highest BCUT2D eigenvalue weighted by Crippen LogP contribution is 2.34. The van der Waals surface area contributed by atoms with Crippen molar-refractivity contribution < 1.29 is 0 Å². The standard InChI is InChI=1S/C23H20/c1-5-16-14(3)10-13-21-19-9-7-8-18-15(4)11-12-20(23(18)19)17(6-2)22(16)21/h5-13H,1H2,2-4H3/b17-6-. The van der Waals surface area contributed by atoms with Crippen LogP contribution < -0.4 is 5.22 Å². The van der Waals surface area contributed by atoms with E-state index in [9.17, 15) is 0 Å². The molecular formula is C23H20. The Bertz CT molecular complexity index is 1140. The van der Waals surface area contributed by atoms with E-state index in [1.165, 1.54) is 54.2 Å². The van der Waals surface area contributed by atoms with Gasteiger partial charge in [-0.25, -0.2) is 0 Å². The van der Waals surface area contributed by atoms with Gasteiger partial charge in [0.1, 0.15) is 0 Å². The predicted molar refractivity (Wildman–Crippen MR) is 104 cm³/mol. The largest absolute Gasteiger partial charge is 0.0984 e. The molecule has 0 nitrogen and oxygen atoms in total. The van der Waals surface area contributed by atoms with E-state index in [2.05, 4.69) is 75.9 Å². The average Bonchev–Trinajstić information content (AvgIpc) is 2.57. The molecule has 112 valence electrons. The molecule has 4 aromatic carbocycles. The molecule has 0 saturated heterocycles. The van der Waals surface area contributed by atoms with E-state index in [4.69, 9.17) is 0 Å². The SMILES string of the molecule is C=Cc1c(C)ccc2c1/c(=C\C)c1ccc(C)c3cccc2c31. The fourth-order valence-corrected chi connectivity index (χ4v) is 3.94. The molecule has 0 unspecified atom stereocenters. The van der Waals surface area contributed by atoms with Crippen molar-refractivity contribution in [1.29, 1.82) is 0 Å². The predicted octanol–water partition coefficient (Wildman–Crippen LogP) is 5.93. The third kappa shape index (κ3) is 1.78. The highest BCUT2D eigenvalue weighted by Gasteiger charge is 2.13. The fourth-order valence-electron chi connectivity index (χ4n) is 3.94. The molecule has 0 saturated carbocycles. The maximum absolute atomic E-state index is 4.06. The summed E-state index contributed by atoms with van der Waals surface area (Å²) in [6, 6.07) is 15.6. The third-order valence-corrected chi connectivity index (χ3v) is 5.06. The van der Waals surface area contributed by atoms with E-state index >= 15 is 0 Å². The lowest BCUT2D eigenvalue weighted by Gasteiger charge is -2.15. The topological polar surface area (TPSA) is 0 Å². The first kappa shape index (κ1) is 14.0. The van der Waals surface area contributed by atoms with Crippen molar-refractivity contribution in [3.8, 4) is 0 Å². The van der Waals surface area contributed by atoms with E-state index < -0.39 is 0 Å². The zero-order chi connectivity index (χ0) is 16.1. The second-order valence-corrected chi connectivity index (χ2v) is 6.28. The molecule has 0 bridgehead atoms. The van der Waals surface area contributed by atoms with Crippen LogP contribution in [0.3, 0.4) is 0 Å². The summed E-state index contributed by atoms with van der Waals surface area (Å²) in [7, 11) is 0. The van der Waals surface area contributed by atoms with Crippen LogP contribution in [0.4, 0.5) is 0 Å². The Kier molecular flexibility index (Phi) is 3.02. The van der Waals surface area contributed by atoms with E-state index in [1.807, 2.05) is 6.08 Å². The van der Waals surface area contributed by atoms with Crippen molar-refractivity contribution in [2.24, 2.45) is 0 Å². The van der Waals surface area contributed by atoms with E-state index in [0.29, 0.717) is 0 Å². The molecule has 0 aliphatic heterocycles. The molecule has 0 N–H and O–H groups in total. The van der Waals surface area contributed by atoms with Crippen LogP contribution in [-0.4, -0.2) is 0 Å². The highest BCUT2D eigenvalue weighted by atomic mass is 14.2. The normalized spacial score (nSPS) is 12.6. The van der Waals surface area contributed by atoms with Gasteiger partial charge in [-0.05, 0) is 75.0 Å². The number of hydrogen-bond donors (Lipinski definition) is 0. The minimum absolute atomic E-state index is 1.25. The summed E-state index contributed by atoms with van der Waals surface area (Å²) in [4.78, 5) is 0. The molecule has 23 heavy (non-hydrogen) atoms. The smallest absolute Gasteiger partial charge is 0.00238 e. The van der Waals surface area contributed by atoms with Crippen molar-refractivity contribution in [2.45, 2.75) is 20.8 Å². The Balaban J connectivity index is 2.50. The molecule has 0 amide bonds. The summed E-state index contributed by atoms with van der Waals surface area (Å²) >= 11 is 0.